The van der Waals surface area contributed by atoms with Crippen LogP contribution in [0, 0.1) is 12.8 Å². The van der Waals surface area contributed by atoms with Gasteiger partial charge in [0.05, 0.1) is 15.6 Å². The van der Waals surface area contributed by atoms with E-state index in [9.17, 15) is 18.0 Å². The fraction of sp³-hybridized carbons (Fsp3) is 0.310. The van der Waals surface area contributed by atoms with Crippen molar-refractivity contribution in [1.82, 2.24) is 10.2 Å². The first-order valence-electron chi connectivity index (χ1n) is 12.7. The Hall–Kier alpha value is -2.78. The molecule has 7 nitrogen and oxygen atoms in total. The molecule has 0 bridgehead atoms. The minimum absolute atomic E-state index is 0.0174. The number of hydrogen-bond acceptors (Lipinski definition) is 4. The van der Waals surface area contributed by atoms with E-state index in [1.807, 2.05) is 20.8 Å². The molecule has 2 amide bonds. The Balaban J connectivity index is 2.07. The summed E-state index contributed by atoms with van der Waals surface area (Å²) < 4.78 is 28.7. The molecule has 0 radical (unpaired) electrons. The second kappa shape index (κ2) is 13.7. The number of nitrogens with zero attached hydrogens (tertiary/aromatic N) is 2. The van der Waals surface area contributed by atoms with Crippen LogP contribution in [-0.2, 0) is 26.2 Å². The maximum absolute atomic E-state index is 14.0. The molecule has 1 N–H and O–H groups in total. The number of hydrogen-bond donors (Lipinski definition) is 1. The molecule has 0 saturated carbocycles. The number of halogens is 3. The fourth-order valence-electron chi connectivity index (χ4n) is 3.87. The lowest BCUT2D eigenvalue weighted by Gasteiger charge is -2.32. The number of carbonyl (C=O) groups excluding carboxylic acids is 2. The second-order valence-electron chi connectivity index (χ2n) is 9.85. The summed E-state index contributed by atoms with van der Waals surface area (Å²) in [6.45, 7) is 7.11. The van der Waals surface area contributed by atoms with Crippen molar-refractivity contribution in [1.29, 1.82) is 0 Å². The summed E-state index contributed by atoms with van der Waals surface area (Å²) >= 11 is 19.0. The maximum Gasteiger partial charge on any atom is 0.264 e. The van der Waals surface area contributed by atoms with Crippen LogP contribution in [0.5, 0.6) is 0 Å². The van der Waals surface area contributed by atoms with Crippen LogP contribution >= 0.6 is 34.8 Å². The van der Waals surface area contributed by atoms with Gasteiger partial charge in [0.25, 0.3) is 10.0 Å². The van der Waals surface area contributed by atoms with E-state index in [0.717, 1.165) is 9.87 Å². The number of sulfonamides is 1. The molecule has 3 aromatic rings. The molecule has 0 heterocycles. The van der Waals surface area contributed by atoms with E-state index < -0.39 is 28.5 Å². The third-order valence-electron chi connectivity index (χ3n) is 6.22. The van der Waals surface area contributed by atoms with Gasteiger partial charge in [0, 0.05) is 23.1 Å². The maximum atomic E-state index is 14.0. The van der Waals surface area contributed by atoms with Crippen molar-refractivity contribution in [2.45, 2.75) is 45.2 Å². The summed E-state index contributed by atoms with van der Waals surface area (Å²) in [4.78, 5) is 28.3. The van der Waals surface area contributed by atoms with E-state index >= 15 is 0 Å². The zero-order chi connectivity index (χ0) is 29.6. The number of amides is 2. The van der Waals surface area contributed by atoms with Gasteiger partial charge < -0.3 is 10.2 Å². The molecule has 0 unspecified atom stereocenters. The molecule has 3 rings (SSSR count). The van der Waals surface area contributed by atoms with Crippen molar-refractivity contribution in [2.75, 3.05) is 17.4 Å². The van der Waals surface area contributed by atoms with Crippen LogP contribution in [0.25, 0.3) is 0 Å². The van der Waals surface area contributed by atoms with Crippen LogP contribution in [0.4, 0.5) is 5.69 Å². The quantitative estimate of drug-likeness (QED) is 0.270. The number of nitrogens with one attached hydrogen (secondary N) is 1. The van der Waals surface area contributed by atoms with E-state index in [2.05, 4.69) is 5.32 Å². The van der Waals surface area contributed by atoms with E-state index in [-0.39, 0.29) is 39.0 Å². The monoisotopic (exact) mass is 623 g/mol. The Morgan fingerprint density at radius 2 is 1.55 bits per heavy atom. The van der Waals surface area contributed by atoms with Crippen LogP contribution < -0.4 is 9.62 Å². The predicted octanol–water partition coefficient (Wildman–Crippen LogP) is 6.34. The number of aryl methyl sites for hydroxylation is 1. The van der Waals surface area contributed by atoms with Gasteiger partial charge in [-0.1, -0.05) is 84.5 Å². The average Bonchev–Trinajstić information content (AvgIpc) is 2.91. The third-order valence-corrected chi connectivity index (χ3v) is 8.91. The van der Waals surface area contributed by atoms with Crippen LogP contribution in [-0.4, -0.2) is 44.3 Å². The molecule has 1 atom stereocenters. The fourth-order valence-corrected chi connectivity index (χ4v) is 5.93. The Bertz CT molecular complexity index is 1460. The van der Waals surface area contributed by atoms with E-state index in [1.165, 1.54) is 35.2 Å². The lowest BCUT2D eigenvalue weighted by atomic mass is 10.1. The van der Waals surface area contributed by atoms with E-state index in [4.69, 9.17) is 34.8 Å². The zero-order valence-corrected chi connectivity index (χ0v) is 25.8. The van der Waals surface area contributed by atoms with Crippen molar-refractivity contribution in [3.05, 3.63) is 92.9 Å². The second-order valence-corrected chi connectivity index (χ2v) is 13.0. The highest BCUT2D eigenvalue weighted by molar-refractivity contribution is 7.92. The molecule has 0 aliphatic heterocycles. The minimum atomic E-state index is -4.27. The molecule has 0 aliphatic rings. The van der Waals surface area contributed by atoms with Gasteiger partial charge in [0.1, 0.15) is 12.6 Å². The Morgan fingerprint density at radius 3 is 2.17 bits per heavy atom. The molecule has 11 heteroatoms. The van der Waals surface area contributed by atoms with Crippen LogP contribution in [0.3, 0.4) is 0 Å². The van der Waals surface area contributed by atoms with Gasteiger partial charge in [-0.15, -0.1) is 0 Å². The molecular weight excluding hydrogens is 593 g/mol. The zero-order valence-electron chi connectivity index (χ0n) is 22.7. The first-order chi connectivity index (χ1) is 18.8. The number of rotatable bonds is 11. The van der Waals surface area contributed by atoms with Crippen molar-refractivity contribution < 1.29 is 18.0 Å². The summed E-state index contributed by atoms with van der Waals surface area (Å²) in [6, 6.07) is 16.7. The molecule has 0 fully saturated rings. The van der Waals surface area contributed by atoms with Crippen molar-refractivity contribution in [3.8, 4) is 0 Å². The van der Waals surface area contributed by atoms with Crippen LogP contribution in [0.1, 0.15) is 31.9 Å². The van der Waals surface area contributed by atoms with Gasteiger partial charge in [-0.2, -0.15) is 0 Å². The average molecular weight is 625 g/mol. The Morgan fingerprint density at radius 1 is 0.900 bits per heavy atom. The normalized spacial score (nSPS) is 12.2. The van der Waals surface area contributed by atoms with Gasteiger partial charge in [-0.25, -0.2) is 8.42 Å². The molecule has 0 saturated heterocycles. The SMILES string of the molecule is Cc1ccc(S(=O)(=O)N(CC(=O)N(Cc2ccccc2Cl)[C@H](C)C(=O)NCC(C)C)c2cc(Cl)ccc2Cl)cc1. The lowest BCUT2D eigenvalue weighted by molar-refractivity contribution is -0.139. The van der Waals surface area contributed by atoms with Gasteiger partial charge in [0.2, 0.25) is 11.8 Å². The summed E-state index contributed by atoms with van der Waals surface area (Å²) in [5.41, 5.74) is 1.52. The van der Waals surface area contributed by atoms with Crippen molar-refractivity contribution >= 4 is 62.3 Å². The minimum Gasteiger partial charge on any atom is -0.354 e. The smallest absolute Gasteiger partial charge is 0.264 e. The summed E-state index contributed by atoms with van der Waals surface area (Å²) in [7, 11) is -4.27. The summed E-state index contributed by atoms with van der Waals surface area (Å²) in [6.07, 6.45) is 0. The largest absolute Gasteiger partial charge is 0.354 e. The molecule has 0 aliphatic carbocycles. The highest BCUT2D eigenvalue weighted by Crippen LogP contribution is 2.33. The third kappa shape index (κ3) is 7.91. The van der Waals surface area contributed by atoms with E-state index in [0.29, 0.717) is 17.1 Å². The van der Waals surface area contributed by atoms with Crippen LogP contribution in [0.2, 0.25) is 15.1 Å². The van der Waals surface area contributed by atoms with Gasteiger partial charge >= 0.3 is 0 Å². The first kappa shape index (κ1) is 31.7. The number of carbonyl (C=O) groups is 2. The number of benzene rings is 3. The van der Waals surface area contributed by atoms with Crippen LogP contribution in [0.15, 0.2) is 71.6 Å². The molecule has 0 aromatic heterocycles. The summed E-state index contributed by atoms with van der Waals surface area (Å²) in [5.74, 6) is -0.800. The van der Waals surface area contributed by atoms with Gasteiger partial charge in [-0.3, -0.25) is 13.9 Å². The molecule has 40 heavy (non-hydrogen) atoms. The Labute approximate surface area is 251 Å². The number of anilines is 1. The van der Waals surface area contributed by atoms with Crippen molar-refractivity contribution in [3.63, 3.8) is 0 Å². The standard InChI is InChI=1S/C29H32Cl3N3O4S/c1-19(2)16-33-29(37)21(4)34(17-22-7-5-6-8-25(22)31)28(36)18-35(27-15-23(30)11-14-26(27)32)40(38,39)24-12-9-20(3)10-13-24/h5-15,19,21H,16-18H2,1-4H3,(H,33,37)/t21-/m1/s1. The molecule has 0 spiro atoms. The highest BCUT2D eigenvalue weighted by Gasteiger charge is 2.33. The predicted molar refractivity (Wildman–Crippen MR) is 161 cm³/mol. The molecular formula is C29H32Cl3N3O4S. The Kier molecular flexibility index (Phi) is 10.9. The molecule has 214 valence electrons. The topological polar surface area (TPSA) is 86.8 Å². The van der Waals surface area contributed by atoms with Gasteiger partial charge in [-0.05, 0) is 61.7 Å². The highest BCUT2D eigenvalue weighted by atomic mass is 35.5. The van der Waals surface area contributed by atoms with E-state index in [1.54, 1.807) is 43.3 Å². The molecule has 3 aromatic carbocycles. The van der Waals surface area contributed by atoms with Gasteiger partial charge in [0.15, 0.2) is 0 Å². The summed E-state index contributed by atoms with van der Waals surface area (Å²) in [5, 5.41) is 3.59. The van der Waals surface area contributed by atoms with Crippen molar-refractivity contribution in [2.24, 2.45) is 5.92 Å². The lowest BCUT2D eigenvalue weighted by Crippen LogP contribution is -2.51. The first-order valence-corrected chi connectivity index (χ1v) is 15.2.